The van der Waals surface area contributed by atoms with Gasteiger partial charge in [0.2, 0.25) is 0 Å². The number of carbonyl (C=O) groups is 3. The van der Waals surface area contributed by atoms with Crippen LogP contribution in [0, 0.1) is 29.1 Å². The predicted molar refractivity (Wildman–Crippen MR) is 180 cm³/mol. The lowest BCUT2D eigenvalue weighted by atomic mass is 9.60. The summed E-state index contributed by atoms with van der Waals surface area (Å²) in [6, 6.07) is 16.8. The van der Waals surface area contributed by atoms with Crippen LogP contribution >= 0.6 is 0 Å². The molecule has 0 spiro atoms. The van der Waals surface area contributed by atoms with E-state index in [1.54, 1.807) is 13.0 Å². The van der Waals surface area contributed by atoms with Gasteiger partial charge in [0.25, 0.3) is 0 Å². The number of ketones is 1. The molecule has 8 nitrogen and oxygen atoms in total. The molecule has 256 valence electrons. The van der Waals surface area contributed by atoms with Crippen molar-refractivity contribution < 1.29 is 38.8 Å². The maximum Gasteiger partial charge on any atom is 0.310 e. The van der Waals surface area contributed by atoms with E-state index >= 15 is 0 Å². The minimum Gasteiger partial charge on any atom is -0.494 e. The summed E-state index contributed by atoms with van der Waals surface area (Å²) in [6.07, 6.45) is 6.15. The van der Waals surface area contributed by atoms with Gasteiger partial charge in [-0.3, -0.25) is 14.4 Å². The third-order valence-corrected chi connectivity index (χ3v) is 11.6. The van der Waals surface area contributed by atoms with Crippen molar-refractivity contribution in [2.45, 2.75) is 89.9 Å². The number of rotatable bonds is 11. The molecule has 0 unspecified atom stereocenters. The van der Waals surface area contributed by atoms with Crippen LogP contribution in [0.15, 0.2) is 77.9 Å². The molecule has 4 aliphatic carbocycles. The first-order chi connectivity index (χ1) is 22.8. The van der Waals surface area contributed by atoms with Gasteiger partial charge in [-0.05, 0) is 60.1 Å². The van der Waals surface area contributed by atoms with Crippen LogP contribution in [0.1, 0.15) is 71.4 Å². The van der Waals surface area contributed by atoms with E-state index in [-0.39, 0.29) is 37.8 Å². The lowest BCUT2D eigenvalue weighted by molar-refractivity contribution is -0.186. The maximum atomic E-state index is 13.5. The molecule has 7 atom stereocenters. The van der Waals surface area contributed by atoms with Gasteiger partial charge in [-0.25, -0.2) is 0 Å². The van der Waals surface area contributed by atoms with Crippen LogP contribution in [-0.4, -0.2) is 58.0 Å². The molecule has 0 radical (unpaired) electrons. The normalized spacial score (nSPS) is 32.9. The lowest BCUT2D eigenvalue weighted by Crippen LogP contribution is -2.61. The monoisotopic (exact) mass is 656 g/mol. The van der Waals surface area contributed by atoms with Gasteiger partial charge in [-0.1, -0.05) is 88.7 Å². The number of carbonyl (C=O) groups excluding carboxylic acids is 3. The topological polar surface area (TPSA) is 119 Å². The van der Waals surface area contributed by atoms with Crippen molar-refractivity contribution in [3.63, 3.8) is 0 Å². The van der Waals surface area contributed by atoms with Gasteiger partial charge in [0, 0.05) is 29.6 Å². The number of hydrogen-bond donors (Lipinski definition) is 2. The Bertz CT molecular complexity index is 1620. The zero-order chi connectivity index (χ0) is 34.5. The van der Waals surface area contributed by atoms with E-state index in [1.807, 2.05) is 67.6 Å². The fraction of sp³-hybridized carbons (Fsp3) is 0.525. The minimum atomic E-state index is -1.88. The second kappa shape index (κ2) is 12.6. The third-order valence-electron chi connectivity index (χ3n) is 11.6. The summed E-state index contributed by atoms with van der Waals surface area (Å²) in [5.41, 5.74) is -2.09. The number of ether oxygens (including phenoxy) is 3. The van der Waals surface area contributed by atoms with Crippen molar-refractivity contribution in [2.24, 2.45) is 29.1 Å². The van der Waals surface area contributed by atoms with Crippen LogP contribution in [0.5, 0.6) is 5.75 Å². The largest absolute Gasteiger partial charge is 0.494 e. The van der Waals surface area contributed by atoms with Crippen molar-refractivity contribution in [2.75, 3.05) is 13.2 Å². The Balaban J connectivity index is 1.24. The molecule has 2 aromatic carbocycles. The first kappa shape index (κ1) is 34.1. The van der Waals surface area contributed by atoms with Gasteiger partial charge >= 0.3 is 11.9 Å². The number of unbranched alkanes of at least 4 members (excludes halogenated alkanes) is 1. The molecule has 0 bridgehead atoms. The van der Waals surface area contributed by atoms with E-state index in [0.29, 0.717) is 24.2 Å². The van der Waals surface area contributed by atoms with Gasteiger partial charge in [-0.15, -0.1) is 0 Å². The summed E-state index contributed by atoms with van der Waals surface area (Å²) in [5, 5.41) is 24.8. The summed E-state index contributed by atoms with van der Waals surface area (Å²) in [4.78, 5) is 39.9. The predicted octanol–water partition coefficient (Wildman–Crippen LogP) is 5.73. The smallest absolute Gasteiger partial charge is 0.310 e. The SMILES string of the molecule is CCCCOc1ccc(CC(=O)OCC2=C[C@H]3[C@@H]4C(C)(C)[C@]4(OC(=O)Cc4ccccc4)C[C@@H](C)[C@]3(O)[C@@H]3C=C(C)C(=O)[C@@]3(O)C2)cc1. The Hall–Kier alpha value is -3.75. The van der Waals surface area contributed by atoms with Crippen LogP contribution in [0.4, 0.5) is 0 Å². The lowest BCUT2D eigenvalue weighted by Gasteiger charge is -2.50. The molecule has 6 rings (SSSR count). The number of hydrogen-bond acceptors (Lipinski definition) is 8. The first-order valence-electron chi connectivity index (χ1n) is 17.3. The average molecular weight is 657 g/mol. The van der Waals surface area contributed by atoms with Crippen LogP contribution in [0.25, 0.3) is 0 Å². The zero-order valence-corrected chi connectivity index (χ0v) is 28.7. The quantitative estimate of drug-likeness (QED) is 0.179. The summed E-state index contributed by atoms with van der Waals surface area (Å²) in [7, 11) is 0. The molecule has 0 aromatic heterocycles. The van der Waals surface area contributed by atoms with Gasteiger partial charge in [0.1, 0.15) is 23.6 Å². The molecule has 2 N–H and O–H groups in total. The molecular weight excluding hydrogens is 608 g/mol. The Morgan fingerprint density at radius 1 is 0.938 bits per heavy atom. The van der Waals surface area contributed by atoms with E-state index in [4.69, 9.17) is 14.2 Å². The third kappa shape index (κ3) is 5.71. The van der Waals surface area contributed by atoms with Crippen molar-refractivity contribution in [1.82, 2.24) is 0 Å². The molecule has 2 fully saturated rings. The highest BCUT2D eigenvalue weighted by atomic mass is 16.6. The molecular formula is C40H48O8. The Morgan fingerprint density at radius 3 is 2.29 bits per heavy atom. The van der Waals surface area contributed by atoms with Crippen molar-refractivity contribution in [3.05, 3.63) is 89.0 Å². The van der Waals surface area contributed by atoms with Gasteiger partial charge < -0.3 is 24.4 Å². The highest BCUT2D eigenvalue weighted by Gasteiger charge is 2.83. The van der Waals surface area contributed by atoms with Crippen molar-refractivity contribution >= 4 is 17.7 Å². The van der Waals surface area contributed by atoms with Gasteiger partial charge in [-0.2, -0.15) is 0 Å². The van der Waals surface area contributed by atoms with E-state index in [2.05, 4.69) is 20.8 Å². The molecule has 4 aliphatic rings. The van der Waals surface area contributed by atoms with Gasteiger partial charge in [0.05, 0.1) is 25.0 Å². The molecule has 0 saturated heterocycles. The number of aliphatic hydroxyl groups is 2. The maximum absolute atomic E-state index is 13.5. The summed E-state index contributed by atoms with van der Waals surface area (Å²) in [6.45, 7) is 10.3. The van der Waals surface area contributed by atoms with Crippen LogP contribution in [0.3, 0.4) is 0 Å². The highest BCUT2D eigenvalue weighted by molar-refractivity contribution is 6.04. The Kier molecular flexibility index (Phi) is 8.96. The van der Waals surface area contributed by atoms with E-state index in [0.717, 1.165) is 29.7 Å². The molecule has 0 aliphatic heterocycles. The first-order valence-corrected chi connectivity index (χ1v) is 17.3. The average Bonchev–Trinajstić information content (AvgIpc) is 3.45. The summed E-state index contributed by atoms with van der Waals surface area (Å²) >= 11 is 0. The fourth-order valence-electron chi connectivity index (χ4n) is 9.02. The van der Waals surface area contributed by atoms with Crippen LogP contribution in [0.2, 0.25) is 0 Å². The fourth-order valence-corrected chi connectivity index (χ4v) is 9.02. The number of fused-ring (bicyclic) bond motifs is 5. The summed E-state index contributed by atoms with van der Waals surface area (Å²) < 4.78 is 17.8. The number of Topliss-reactive ketones (excluding diaryl/α,β-unsaturated/α-hetero) is 1. The molecule has 2 aromatic rings. The van der Waals surface area contributed by atoms with Crippen LogP contribution in [-0.2, 0) is 36.7 Å². The van der Waals surface area contributed by atoms with Crippen molar-refractivity contribution in [1.29, 1.82) is 0 Å². The van der Waals surface area contributed by atoms with E-state index in [1.165, 1.54) is 0 Å². The Morgan fingerprint density at radius 2 is 1.60 bits per heavy atom. The van der Waals surface area contributed by atoms with Crippen molar-refractivity contribution in [3.8, 4) is 5.75 Å². The zero-order valence-electron chi connectivity index (χ0n) is 28.7. The van der Waals surface area contributed by atoms with E-state index in [9.17, 15) is 24.6 Å². The number of benzene rings is 2. The highest BCUT2D eigenvalue weighted by Crippen LogP contribution is 2.76. The second-order valence-electron chi connectivity index (χ2n) is 15.0. The molecule has 2 saturated carbocycles. The molecule has 48 heavy (non-hydrogen) atoms. The molecule has 8 heteroatoms. The molecule has 0 amide bonds. The Labute approximate surface area is 283 Å². The van der Waals surface area contributed by atoms with Crippen LogP contribution < -0.4 is 4.74 Å². The summed E-state index contributed by atoms with van der Waals surface area (Å²) in [5.74, 6) is -2.59. The standard InChI is InChI=1S/C40H48O8/c1-6-7-17-46-30-15-13-28(14-16-30)20-33(41)47-24-29-19-31-35-37(4,5)39(35,48-34(42)21-27-11-9-8-10-12-27)22-26(3)40(31,45)32-18-25(2)36(43)38(32,44)23-29/h8-16,18-19,26,31-32,35,44-45H,6-7,17,20-24H2,1-5H3/t26-,31+,32-,35-,38-,39+,40-/m1/s1. The number of esters is 2. The second-order valence-corrected chi connectivity index (χ2v) is 15.0. The minimum absolute atomic E-state index is 0.0511. The van der Waals surface area contributed by atoms with E-state index < -0.39 is 51.7 Å². The molecule has 0 heterocycles. The van der Waals surface area contributed by atoms with Gasteiger partial charge in [0.15, 0.2) is 5.78 Å².